The molecule has 0 radical (unpaired) electrons. The summed E-state index contributed by atoms with van der Waals surface area (Å²) in [4.78, 5) is 4.29. The summed E-state index contributed by atoms with van der Waals surface area (Å²) in [5, 5.41) is 6.11. The molecule has 0 aliphatic carbocycles. The largest absolute Gasteiger partial charge is 0.491 e. The summed E-state index contributed by atoms with van der Waals surface area (Å²) in [6.07, 6.45) is 5.01. The fraction of sp³-hybridized carbons (Fsp3) is 0.333. The average Bonchev–Trinajstić information content (AvgIpc) is 3.01. The molecular weight excluding hydrogens is 352 g/mol. The van der Waals surface area contributed by atoms with Crippen LogP contribution in [0.4, 0.5) is 0 Å². The maximum Gasteiger partial charge on any atom is 0.244 e. The Hall–Kier alpha value is -2.45. The zero-order valence-corrected chi connectivity index (χ0v) is 15.8. The van der Waals surface area contributed by atoms with Crippen LogP contribution in [-0.2, 0) is 16.6 Å². The lowest BCUT2D eigenvalue weighted by atomic mass is 10.1. The van der Waals surface area contributed by atoms with E-state index in [2.05, 4.69) is 14.8 Å². The Balaban J connectivity index is 1.70. The van der Waals surface area contributed by atoms with Gasteiger partial charge in [-0.05, 0) is 32.9 Å². The van der Waals surface area contributed by atoms with Crippen LogP contribution >= 0.6 is 0 Å². The highest BCUT2D eigenvalue weighted by atomic mass is 32.2. The number of aromatic nitrogens is 3. The third-order valence-electron chi connectivity index (χ3n) is 4.00. The highest BCUT2D eigenvalue weighted by Crippen LogP contribution is 2.24. The van der Waals surface area contributed by atoms with Crippen LogP contribution < -0.4 is 9.46 Å². The second-order valence-electron chi connectivity index (χ2n) is 6.12. The van der Waals surface area contributed by atoms with E-state index in [1.54, 1.807) is 37.1 Å². The van der Waals surface area contributed by atoms with Crippen molar-refractivity contribution in [3.63, 3.8) is 0 Å². The van der Waals surface area contributed by atoms with E-state index in [-0.39, 0.29) is 11.5 Å². The first kappa shape index (κ1) is 18.3. The molecule has 0 saturated carbocycles. The van der Waals surface area contributed by atoms with E-state index in [4.69, 9.17) is 4.74 Å². The molecule has 0 saturated heterocycles. The molecule has 0 amide bonds. The molecule has 3 aromatic rings. The van der Waals surface area contributed by atoms with Crippen LogP contribution in [0.1, 0.15) is 19.5 Å². The first-order chi connectivity index (χ1) is 12.4. The normalized spacial score (nSPS) is 13.0. The molecule has 2 heterocycles. The number of nitrogens with one attached hydrogen (secondary N) is 1. The third kappa shape index (κ3) is 3.86. The van der Waals surface area contributed by atoms with Gasteiger partial charge in [-0.2, -0.15) is 5.10 Å². The van der Waals surface area contributed by atoms with E-state index in [0.29, 0.717) is 18.0 Å². The van der Waals surface area contributed by atoms with E-state index < -0.39 is 16.1 Å². The molecule has 0 aliphatic heterocycles. The molecule has 7 nitrogen and oxygen atoms in total. The van der Waals surface area contributed by atoms with Gasteiger partial charge in [-0.1, -0.05) is 12.1 Å². The Kier molecular flexibility index (Phi) is 5.24. The van der Waals surface area contributed by atoms with Gasteiger partial charge in [-0.3, -0.25) is 9.67 Å². The summed E-state index contributed by atoms with van der Waals surface area (Å²) in [5.41, 5.74) is 0.481. The summed E-state index contributed by atoms with van der Waals surface area (Å²) in [6, 6.07) is 7.18. The first-order valence-electron chi connectivity index (χ1n) is 8.42. The quantitative estimate of drug-likeness (QED) is 0.687. The van der Waals surface area contributed by atoms with Crippen molar-refractivity contribution in [3.8, 4) is 5.75 Å². The highest BCUT2D eigenvalue weighted by Gasteiger charge is 2.22. The summed E-state index contributed by atoms with van der Waals surface area (Å²) >= 11 is 0. The zero-order chi connectivity index (χ0) is 18.7. The zero-order valence-electron chi connectivity index (χ0n) is 15.0. The van der Waals surface area contributed by atoms with Gasteiger partial charge in [-0.25, -0.2) is 13.1 Å². The van der Waals surface area contributed by atoms with Gasteiger partial charge >= 0.3 is 0 Å². The fourth-order valence-electron chi connectivity index (χ4n) is 2.72. The van der Waals surface area contributed by atoms with E-state index in [0.717, 1.165) is 10.8 Å². The summed E-state index contributed by atoms with van der Waals surface area (Å²) in [5.74, 6) is 0.700. The van der Waals surface area contributed by atoms with Crippen molar-refractivity contribution in [2.75, 3.05) is 6.61 Å². The van der Waals surface area contributed by atoms with Crippen LogP contribution in [0.2, 0.25) is 0 Å². The molecule has 0 unspecified atom stereocenters. The van der Waals surface area contributed by atoms with Gasteiger partial charge in [0.2, 0.25) is 10.0 Å². The second-order valence-corrected chi connectivity index (χ2v) is 7.80. The minimum absolute atomic E-state index is 0.197. The lowest BCUT2D eigenvalue weighted by molar-refractivity contribution is 0.290. The maximum atomic E-state index is 12.6. The van der Waals surface area contributed by atoms with E-state index >= 15 is 0 Å². The number of pyridine rings is 1. The second kappa shape index (κ2) is 7.43. The van der Waals surface area contributed by atoms with Crippen LogP contribution in [-0.4, -0.2) is 35.8 Å². The van der Waals surface area contributed by atoms with Gasteiger partial charge in [0.15, 0.2) is 0 Å². The Morgan fingerprint density at radius 2 is 2.12 bits per heavy atom. The van der Waals surface area contributed by atoms with Gasteiger partial charge in [0.1, 0.15) is 17.3 Å². The SMILES string of the molecule is CCn1cc(S(=O)(=O)N[C@@H](C)COc2cccc3cnccc23)c(C)n1. The Bertz CT molecular complexity index is 1010. The van der Waals surface area contributed by atoms with Gasteiger partial charge in [-0.15, -0.1) is 0 Å². The molecule has 0 spiro atoms. The molecule has 0 bridgehead atoms. The molecule has 1 atom stereocenters. The van der Waals surface area contributed by atoms with Gasteiger partial charge < -0.3 is 4.74 Å². The van der Waals surface area contributed by atoms with E-state index in [1.165, 1.54) is 0 Å². The molecule has 1 aromatic carbocycles. The van der Waals surface area contributed by atoms with Crippen molar-refractivity contribution in [1.29, 1.82) is 0 Å². The Labute approximate surface area is 153 Å². The van der Waals surface area contributed by atoms with Crippen LogP contribution in [0, 0.1) is 6.92 Å². The number of ether oxygens (including phenoxy) is 1. The van der Waals surface area contributed by atoms with E-state index in [9.17, 15) is 8.42 Å². The van der Waals surface area contributed by atoms with Crippen molar-refractivity contribution in [2.24, 2.45) is 0 Å². The van der Waals surface area contributed by atoms with Crippen molar-refractivity contribution in [1.82, 2.24) is 19.5 Å². The summed E-state index contributed by atoms with van der Waals surface area (Å²) in [7, 11) is -3.65. The van der Waals surface area contributed by atoms with Crippen molar-refractivity contribution in [3.05, 3.63) is 48.5 Å². The molecule has 0 fully saturated rings. The van der Waals surface area contributed by atoms with Gasteiger partial charge in [0.25, 0.3) is 0 Å². The molecule has 8 heteroatoms. The molecule has 2 aromatic heterocycles. The summed E-state index contributed by atoms with van der Waals surface area (Å²) < 4.78 is 35.3. The predicted octanol–water partition coefficient (Wildman–Crippen LogP) is 2.51. The predicted molar refractivity (Wildman–Crippen MR) is 99.7 cm³/mol. The van der Waals surface area contributed by atoms with Crippen LogP contribution in [0.15, 0.2) is 47.8 Å². The smallest absolute Gasteiger partial charge is 0.244 e. The van der Waals surface area contributed by atoms with Crippen molar-refractivity contribution < 1.29 is 13.2 Å². The lowest BCUT2D eigenvalue weighted by Crippen LogP contribution is -2.36. The molecule has 138 valence electrons. The van der Waals surface area contributed by atoms with Gasteiger partial charge in [0.05, 0.1) is 11.7 Å². The summed E-state index contributed by atoms with van der Waals surface area (Å²) in [6.45, 7) is 6.19. The number of rotatable bonds is 7. The first-order valence-corrected chi connectivity index (χ1v) is 9.91. The highest BCUT2D eigenvalue weighted by molar-refractivity contribution is 7.89. The Morgan fingerprint density at radius 1 is 1.31 bits per heavy atom. The number of sulfonamides is 1. The third-order valence-corrected chi connectivity index (χ3v) is 5.69. The van der Waals surface area contributed by atoms with Crippen LogP contribution in [0.25, 0.3) is 10.8 Å². The molecular formula is C18H22N4O3S. The molecule has 26 heavy (non-hydrogen) atoms. The molecule has 3 rings (SSSR count). The van der Waals surface area contributed by atoms with Crippen molar-refractivity contribution in [2.45, 2.75) is 38.3 Å². The van der Waals surface area contributed by atoms with Crippen molar-refractivity contribution >= 4 is 20.8 Å². The lowest BCUT2D eigenvalue weighted by Gasteiger charge is -2.16. The molecule has 1 N–H and O–H groups in total. The number of hydrogen-bond acceptors (Lipinski definition) is 5. The molecule has 0 aliphatic rings. The fourth-order valence-corrected chi connectivity index (χ4v) is 4.14. The average molecular weight is 374 g/mol. The number of aryl methyl sites for hydroxylation is 2. The van der Waals surface area contributed by atoms with Gasteiger partial charge in [0, 0.05) is 35.9 Å². The Morgan fingerprint density at radius 3 is 2.85 bits per heavy atom. The number of benzene rings is 1. The number of hydrogen-bond donors (Lipinski definition) is 1. The minimum atomic E-state index is -3.65. The topological polar surface area (TPSA) is 86.1 Å². The van der Waals surface area contributed by atoms with Crippen LogP contribution in [0.3, 0.4) is 0 Å². The monoisotopic (exact) mass is 374 g/mol. The van der Waals surface area contributed by atoms with E-state index in [1.807, 2.05) is 31.2 Å². The number of nitrogens with zero attached hydrogens (tertiary/aromatic N) is 3. The standard InChI is InChI=1S/C18H22N4O3S/c1-4-22-11-18(14(3)20-22)26(23,24)21-13(2)12-25-17-7-5-6-15-10-19-9-8-16(15)17/h5-11,13,21H,4,12H2,1-3H3/t13-/m0/s1. The maximum absolute atomic E-state index is 12.6. The number of fused-ring (bicyclic) bond motifs is 1. The van der Waals surface area contributed by atoms with Crippen LogP contribution in [0.5, 0.6) is 5.75 Å². The minimum Gasteiger partial charge on any atom is -0.491 e.